The topological polar surface area (TPSA) is 17.1 Å². The first-order valence-electron chi connectivity index (χ1n) is 7.15. The lowest BCUT2D eigenvalue weighted by Crippen LogP contribution is -2.04. The fraction of sp³-hybridized carbons (Fsp3) is 0.471. The van der Waals surface area contributed by atoms with Gasteiger partial charge in [-0.15, -0.1) is 0 Å². The van der Waals surface area contributed by atoms with Gasteiger partial charge in [0.2, 0.25) is 0 Å². The summed E-state index contributed by atoms with van der Waals surface area (Å²) in [6.45, 7) is 0. The summed E-state index contributed by atoms with van der Waals surface area (Å²) in [5.74, 6) is 0.362. The van der Waals surface area contributed by atoms with Gasteiger partial charge in [0.1, 0.15) is 0 Å². The number of rotatable bonds is 1. The second kappa shape index (κ2) is 7.15. The van der Waals surface area contributed by atoms with Gasteiger partial charge in [0.25, 0.3) is 0 Å². The molecule has 0 aliphatic heterocycles. The molecule has 0 radical (unpaired) electrons. The van der Waals surface area contributed by atoms with Crippen LogP contribution in [0.2, 0.25) is 0 Å². The summed E-state index contributed by atoms with van der Waals surface area (Å²) in [6.07, 6.45) is 11.1. The van der Waals surface area contributed by atoms with Crippen molar-refractivity contribution >= 4 is 11.9 Å². The van der Waals surface area contributed by atoms with Crippen LogP contribution < -0.4 is 0 Å². The smallest absolute Gasteiger partial charge is 0.158 e. The minimum atomic E-state index is 0.362. The van der Waals surface area contributed by atoms with E-state index in [1.54, 1.807) is 0 Å². The van der Waals surface area contributed by atoms with Gasteiger partial charge >= 0.3 is 0 Å². The van der Waals surface area contributed by atoms with Crippen LogP contribution in [0.25, 0.3) is 6.08 Å². The molecule has 0 atom stereocenters. The van der Waals surface area contributed by atoms with Crippen LogP contribution in [0.3, 0.4) is 0 Å². The largest absolute Gasteiger partial charge is 0.295 e. The molecular weight excluding hydrogens is 220 g/mol. The highest BCUT2D eigenvalue weighted by atomic mass is 16.1. The zero-order valence-corrected chi connectivity index (χ0v) is 11.0. The highest BCUT2D eigenvalue weighted by Crippen LogP contribution is 2.20. The maximum Gasteiger partial charge on any atom is 0.158 e. The van der Waals surface area contributed by atoms with Crippen molar-refractivity contribution in [1.82, 2.24) is 0 Å². The van der Waals surface area contributed by atoms with Gasteiger partial charge in [-0.3, -0.25) is 4.79 Å². The minimum absolute atomic E-state index is 0.362. The first-order chi connectivity index (χ1) is 8.86. The van der Waals surface area contributed by atoms with E-state index < -0.39 is 0 Å². The van der Waals surface area contributed by atoms with Gasteiger partial charge in [-0.1, -0.05) is 56.0 Å². The molecule has 0 spiro atoms. The second-order valence-corrected chi connectivity index (χ2v) is 5.12. The molecule has 0 amide bonds. The molecule has 0 heterocycles. The van der Waals surface area contributed by atoms with Crippen LogP contribution in [-0.4, -0.2) is 5.78 Å². The SMILES string of the molecule is O=C1CCCCCCCCC1=Cc1ccccc1. The second-order valence-electron chi connectivity index (χ2n) is 5.12. The average molecular weight is 242 g/mol. The molecule has 1 aromatic rings. The predicted octanol–water partition coefficient (Wildman–Crippen LogP) is 4.77. The lowest BCUT2D eigenvalue weighted by molar-refractivity contribution is -0.115. The number of ketones is 1. The molecule has 0 bridgehead atoms. The Hall–Kier alpha value is -1.37. The molecular formula is C17H22O. The molecule has 2 rings (SSSR count). The molecule has 1 saturated carbocycles. The summed E-state index contributed by atoms with van der Waals surface area (Å²) in [7, 11) is 0. The van der Waals surface area contributed by atoms with Crippen LogP contribution in [0.1, 0.15) is 56.9 Å². The molecule has 1 aliphatic rings. The lowest BCUT2D eigenvalue weighted by atomic mass is 9.94. The van der Waals surface area contributed by atoms with Crippen molar-refractivity contribution in [2.24, 2.45) is 0 Å². The van der Waals surface area contributed by atoms with Crippen LogP contribution >= 0.6 is 0 Å². The number of hydrogen-bond donors (Lipinski definition) is 0. The van der Waals surface area contributed by atoms with Crippen LogP contribution in [0.4, 0.5) is 0 Å². The zero-order chi connectivity index (χ0) is 12.6. The van der Waals surface area contributed by atoms with Crippen molar-refractivity contribution in [3.8, 4) is 0 Å². The van der Waals surface area contributed by atoms with Crippen molar-refractivity contribution in [1.29, 1.82) is 0 Å². The van der Waals surface area contributed by atoms with Crippen molar-refractivity contribution < 1.29 is 4.79 Å². The van der Waals surface area contributed by atoms with Crippen LogP contribution in [0.5, 0.6) is 0 Å². The summed E-state index contributed by atoms with van der Waals surface area (Å²) in [5.41, 5.74) is 2.18. The van der Waals surface area contributed by atoms with E-state index >= 15 is 0 Å². The van der Waals surface area contributed by atoms with Crippen molar-refractivity contribution in [3.63, 3.8) is 0 Å². The first-order valence-corrected chi connectivity index (χ1v) is 7.15. The number of allylic oxidation sites excluding steroid dienone is 1. The monoisotopic (exact) mass is 242 g/mol. The van der Waals surface area contributed by atoms with Crippen molar-refractivity contribution in [2.45, 2.75) is 51.4 Å². The maximum atomic E-state index is 12.2. The Morgan fingerprint density at radius 1 is 0.778 bits per heavy atom. The quantitative estimate of drug-likeness (QED) is 0.648. The highest BCUT2D eigenvalue weighted by molar-refractivity contribution is 5.99. The summed E-state index contributed by atoms with van der Waals surface area (Å²) >= 11 is 0. The third-order valence-electron chi connectivity index (χ3n) is 3.60. The Balaban J connectivity index is 2.10. The van der Waals surface area contributed by atoms with Gasteiger partial charge in [-0.25, -0.2) is 0 Å². The number of benzene rings is 1. The molecule has 0 saturated heterocycles. The fourth-order valence-corrected chi connectivity index (χ4v) is 2.51. The van der Waals surface area contributed by atoms with E-state index in [-0.39, 0.29) is 0 Å². The third-order valence-corrected chi connectivity index (χ3v) is 3.60. The normalized spacial score (nSPS) is 20.9. The molecule has 0 N–H and O–H groups in total. The Labute approximate surface area is 110 Å². The van der Waals surface area contributed by atoms with E-state index in [9.17, 15) is 4.79 Å². The van der Waals surface area contributed by atoms with E-state index in [2.05, 4.69) is 18.2 Å². The van der Waals surface area contributed by atoms with Crippen LogP contribution in [-0.2, 0) is 4.79 Å². The zero-order valence-electron chi connectivity index (χ0n) is 11.0. The Kier molecular flexibility index (Phi) is 5.19. The summed E-state index contributed by atoms with van der Waals surface area (Å²) in [4.78, 5) is 12.2. The predicted molar refractivity (Wildman–Crippen MR) is 76.4 cm³/mol. The number of Topliss-reactive ketones (excluding diaryl/α,β-unsaturated/α-hetero) is 1. The summed E-state index contributed by atoms with van der Waals surface area (Å²) < 4.78 is 0. The van der Waals surface area contributed by atoms with Gasteiger partial charge in [0.05, 0.1) is 0 Å². The summed E-state index contributed by atoms with van der Waals surface area (Å²) in [6, 6.07) is 10.2. The Morgan fingerprint density at radius 3 is 2.11 bits per heavy atom. The molecule has 0 unspecified atom stereocenters. The highest BCUT2D eigenvalue weighted by Gasteiger charge is 2.10. The van der Waals surface area contributed by atoms with E-state index in [1.165, 1.54) is 25.7 Å². The molecule has 1 nitrogen and oxygen atoms in total. The van der Waals surface area contributed by atoms with Gasteiger partial charge < -0.3 is 0 Å². The maximum absolute atomic E-state index is 12.2. The molecule has 96 valence electrons. The van der Waals surface area contributed by atoms with Gasteiger partial charge in [0.15, 0.2) is 5.78 Å². The number of hydrogen-bond acceptors (Lipinski definition) is 1. The molecule has 1 heteroatoms. The van der Waals surface area contributed by atoms with Crippen LogP contribution in [0.15, 0.2) is 35.9 Å². The molecule has 0 aromatic heterocycles. The van der Waals surface area contributed by atoms with E-state index in [0.29, 0.717) is 5.78 Å². The van der Waals surface area contributed by atoms with Crippen LogP contribution in [0, 0.1) is 0 Å². The third kappa shape index (κ3) is 4.14. The van der Waals surface area contributed by atoms with E-state index in [1.807, 2.05) is 18.2 Å². The van der Waals surface area contributed by atoms with E-state index in [0.717, 1.165) is 36.8 Å². The Morgan fingerprint density at radius 2 is 1.39 bits per heavy atom. The standard InChI is InChI=1S/C17H22O/c18-17-13-9-4-2-1-3-8-12-16(17)14-15-10-6-5-7-11-15/h5-7,10-11,14H,1-4,8-9,12-13H2. The molecule has 1 fully saturated rings. The minimum Gasteiger partial charge on any atom is -0.295 e. The average Bonchev–Trinajstić information content (AvgIpc) is 2.41. The van der Waals surface area contributed by atoms with Gasteiger partial charge in [0, 0.05) is 6.42 Å². The van der Waals surface area contributed by atoms with Crippen molar-refractivity contribution in [3.05, 3.63) is 41.5 Å². The summed E-state index contributed by atoms with van der Waals surface area (Å²) in [5, 5.41) is 0. The Bertz CT molecular complexity index is 403. The number of carbonyl (C=O) groups is 1. The van der Waals surface area contributed by atoms with Crippen molar-refractivity contribution in [2.75, 3.05) is 0 Å². The first kappa shape index (κ1) is 13.1. The molecule has 1 aliphatic carbocycles. The van der Waals surface area contributed by atoms with E-state index in [4.69, 9.17) is 0 Å². The number of carbonyl (C=O) groups excluding carboxylic acids is 1. The molecule has 18 heavy (non-hydrogen) atoms. The fourth-order valence-electron chi connectivity index (χ4n) is 2.51. The lowest BCUT2D eigenvalue weighted by Gasteiger charge is -2.10. The molecule has 1 aromatic carbocycles. The van der Waals surface area contributed by atoms with Gasteiger partial charge in [-0.05, 0) is 36.5 Å². The van der Waals surface area contributed by atoms with Gasteiger partial charge in [-0.2, -0.15) is 0 Å².